The summed E-state index contributed by atoms with van der Waals surface area (Å²) in [4.78, 5) is 16.1. The quantitative estimate of drug-likeness (QED) is 0.680. The number of hydrogen-bond donors (Lipinski definition) is 1. The fourth-order valence-corrected chi connectivity index (χ4v) is 2.75. The summed E-state index contributed by atoms with van der Waals surface area (Å²) in [5, 5.41) is 4.89. The highest BCUT2D eigenvalue weighted by Gasteiger charge is 2.15. The van der Waals surface area contributed by atoms with Crippen molar-refractivity contribution in [3.05, 3.63) is 24.4 Å². The van der Waals surface area contributed by atoms with Crippen LogP contribution in [0.2, 0.25) is 0 Å². The van der Waals surface area contributed by atoms with Crippen molar-refractivity contribution in [1.82, 2.24) is 10.4 Å². The first-order valence-electron chi connectivity index (χ1n) is 6.68. The lowest BCUT2D eigenvalue weighted by molar-refractivity contribution is -0.120. The van der Waals surface area contributed by atoms with E-state index in [-0.39, 0.29) is 11.2 Å². The number of amides is 1. The van der Waals surface area contributed by atoms with Gasteiger partial charge in [0.1, 0.15) is 0 Å². The summed E-state index contributed by atoms with van der Waals surface area (Å²) >= 11 is 1.45. The number of hydrogen-bond acceptors (Lipinski definition) is 4. The Labute approximate surface area is 118 Å². The lowest BCUT2D eigenvalue weighted by Gasteiger charge is -2.13. The highest BCUT2D eigenvalue weighted by Crippen LogP contribution is 2.20. The molecule has 1 heterocycles. The molecule has 1 fully saturated rings. The molecule has 0 bridgehead atoms. The third-order valence-corrected chi connectivity index (χ3v) is 4.11. The molecule has 5 heteroatoms. The minimum absolute atomic E-state index is 0.0614. The van der Waals surface area contributed by atoms with Gasteiger partial charge in [-0.05, 0) is 44.7 Å². The van der Waals surface area contributed by atoms with Gasteiger partial charge in [-0.3, -0.25) is 4.79 Å². The van der Waals surface area contributed by atoms with Gasteiger partial charge in [-0.25, -0.2) is 10.4 Å². The maximum atomic E-state index is 11.9. The molecule has 1 aliphatic carbocycles. The number of rotatable bonds is 4. The molecule has 19 heavy (non-hydrogen) atoms. The van der Waals surface area contributed by atoms with E-state index in [9.17, 15) is 4.79 Å². The van der Waals surface area contributed by atoms with Crippen LogP contribution in [0.25, 0.3) is 0 Å². The van der Waals surface area contributed by atoms with Gasteiger partial charge in [0.15, 0.2) is 0 Å². The van der Waals surface area contributed by atoms with Gasteiger partial charge in [0.25, 0.3) is 5.91 Å². The van der Waals surface area contributed by atoms with Crippen molar-refractivity contribution in [2.75, 3.05) is 0 Å². The molecule has 1 aliphatic rings. The third-order valence-electron chi connectivity index (χ3n) is 3.06. The zero-order valence-corrected chi connectivity index (χ0v) is 11.9. The van der Waals surface area contributed by atoms with Crippen LogP contribution in [-0.2, 0) is 4.79 Å². The molecule has 4 nitrogen and oxygen atoms in total. The van der Waals surface area contributed by atoms with Crippen LogP contribution in [0.1, 0.15) is 39.0 Å². The second kappa shape index (κ2) is 7.28. The van der Waals surface area contributed by atoms with E-state index in [0.29, 0.717) is 0 Å². The van der Waals surface area contributed by atoms with Gasteiger partial charge >= 0.3 is 0 Å². The molecule has 0 radical (unpaired) electrons. The molecule has 0 spiro atoms. The molecule has 1 saturated carbocycles. The molecule has 0 saturated heterocycles. The molecule has 0 aromatic carbocycles. The van der Waals surface area contributed by atoms with Crippen LogP contribution in [0.4, 0.5) is 0 Å². The van der Waals surface area contributed by atoms with Crippen molar-refractivity contribution in [3.63, 3.8) is 0 Å². The minimum atomic E-state index is -0.192. The average molecular weight is 277 g/mol. The van der Waals surface area contributed by atoms with Gasteiger partial charge in [0.05, 0.1) is 10.3 Å². The number of aromatic nitrogens is 1. The predicted molar refractivity (Wildman–Crippen MR) is 78.2 cm³/mol. The Hall–Kier alpha value is -1.36. The monoisotopic (exact) mass is 277 g/mol. The Morgan fingerprint density at radius 3 is 2.84 bits per heavy atom. The number of hydrazone groups is 1. The van der Waals surface area contributed by atoms with E-state index in [1.54, 1.807) is 6.20 Å². The first-order chi connectivity index (χ1) is 9.25. The van der Waals surface area contributed by atoms with Crippen molar-refractivity contribution >= 4 is 23.4 Å². The molecular weight excluding hydrogens is 258 g/mol. The highest BCUT2D eigenvalue weighted by molar-refractivity contribution is 8.00. The van der Waals surface area contributed by atoms with Gasteiger partial charge in [-0.2, -0.15) is 5.10 Å². The number of pyridine rings is 1. The fourth-order valence-electron chi connectivity index (χ4n) is 1.95. The van der Waals surface area contributed by atoms with E-state index in [0.717, 1.165) is 23.6 Å². The summed E-state index contributed by atoms with van der Waals surface area (Å²) in [5.41, 5.74) is 3.79. The summed E-state index contributed by atoms with van der Waals surface area (Å²) in [6, 6.07) is 5.69. The van der Waals surface area contributed by atoms with Gasteiger partial charge in [0, 0.05) is 11.9 Å². The van der Waals surface area contributed by atoms with Gasteiger partial charge in [-0.15, -0.1) is 0 Å². The van der Waals surface area contributed by atoms with Crippen molar-refractivity contribution < 1.29 is 4.79 Å². The second-order valence-electron chi connectivity index (χ2n) is 4.64. The summed E-state index contributed by atoms with van der Waals surface area (Å²) in [7, 11) is 0. The number of carbonyl (C=O) groups is 1. The first-order valence-corrected chi connectivity index (χ1v) is 7.56. The number of nitrogens with one attached hydrogen (secondary N) is 1. The van der Waals surface area contributed by atoms with Crippen LogP contribution < -0.4 is 5.43 Å². The normalized spacial score (nSPS) is 16.8. The number of carbonyl (C=O) groups excluding carboxylic acids is 1. The van der Waals surface area contributed by atoms with Crippen LogP contribution in [0.5, 0.6) is 0 Å². The Kier molecular flexibility index (Phi) is 5.39. The fraction of sp³-hybridized carbons (Fsp3) is 0.500. The van der Waals surface area contributed by atoms with Gasteiger partial charge in [-0.1, -0.05) is 24.2 Å². The zero-order valence-electron chi connectivity index (χ0n) is 11.1. The summed E-state index contributed by atoms with van der Waals surface area (Å²) in [6.07, 6.45) is 7.41. The van der Waals surface area contributed by atoms with E-state index in [1.165, 1.54) is 31.0 Å². The maximum Gasteiger partial charge on any atom is 0.253 e. The lowest BCUT2D eigenvalue weighted by Crippen LogP contribution is -2.28. The second-order valence-corrected chi connectivity index (χ2v) is 6.00. The van der Waals surface area contributed by atoms with Gasteiger partial charge in [0.2, 0.25) is 0 Å². The molecule has 2 rings (SSSR count). The van der Waals surface area contributed by atoms with E-state index in [1.807, 2.05) is 25.1 Å². The van der Waals surface area contributed by atoms with Crippen LogP contribution in [0.3, 0.4) is 0 Å². The molecule has 102 valence electrons. The molecule has 1 atom stereocenters. The SMILES string of the molecule is C[C@H](Sc1ccccn1)C(=O)NN=C1CCCCC1. The lowest BCUT2D eigenvalue weighted by atomic mass is 9.99. The van der Waals surface area contributed by atoms with Crippen molar-refractivity contribution in [1.29, 1.82) is 0 Å². The molecular formula is C14H19N3OS. The molecule has 0 unspecified atom stereocenters. The van der Waals surface area contributed by atoms with Crippen LogP contribution in [0.15, 0.2) is 34.5 Å². The Morgan fingerprint density at radius 2 is 2.16 bits per heavy atom. The number of thioether (sulfide) groups is 1. The smallest absolute Gasteiger partial charge is 0.253 e. The standard InChI is InChI=1S/C14H19N3OS/c1-11(19-13-9-5-6-10-15-13)14(18)17-16-12-7-3-2-4-8-12/h5-6,9-11H,2-4,7-8H2,1H3,(H,17,18)/t11-/m0/s1. The molecule has 1 aromatic heterocycles. The maximum absolute atomic E-state index is 11.9. The largest absolute Gasteiger partial charge is 0.272 e. The topological polar surface area (TPSA) is 54.4 Å². The summed E-state index contributed by atoms with van der Waals surface area (Å²) in [5.74, 6) is -0.0614. The van der Waals surface area contributed by atoms with Crippen molar-refractivity contribution in [3.8, 4) is 0 Å². The van der Waals surface area contributed by atoms with Crippen LogP contribution in [0, 0.1) is 0 Å². The Bertz CT molecular complexity index is 439. The number of nitrogens with zero attached hydrogens (tertiary/aromatic N) is 2. The highest BCUT2D eigenvalue weighted by atomic mass is 32.2. The summed E-state index contributed by atoms with van der Waals surface area (Å²) in [6.45, 7) is 1.87. The minimum Gasteiger partial charge on any atom is -0.272 e. The zero-order chi connectivity index (χ0) is 13.5. The third kappa shape index (κ3) is 4.67. The predicted octanol–water partition coefficient (Wildman–Crippen LogP) is 3.00. The van der Waals surface area contributed by atoms with Gasteiger partial charge < -0.3 is 0 Å². The summed E-state index contributed by atoms with van der Waals surface area (Å²) < 4.78 is 0. The molecule has 0 aliphatic heterocycles. The van der Waals surface area contributed by atoms with E-state index >= 15 is 0 Å². The van der Waals surface area contributed by atoms with E-state index in [4.69, 9.17) is 0 Å². The molecule has 1 aromatic rings. The molecule has 1 amide bonds. The Balaban J connectivity index is 1.82. The van der Waals surface area contributed by atoms with Crippen LogP contribution in [-0.4, -0.2) is 21.9 Å². The van der Waals surface area contributed by atoms with Crippen molar-refractivity contribution in [2.24, 2.45) is 5.10 Å². The van der Waals surface area contributed by atoms with Crippen LogP contribution >= 0.6 is 11.8 Å². The van der Waals surface area contributed by atoms with E-state index in [2.05, 4.69) is 15.5 Å². The molecule has 1 N–H and O–H groups in total. The van der Waals surface area contributed by atoms with E-state index < -0.39 is 0 Å². The first kappa shape index (κ1) is 14.1. The van der Waals surface area contributed by atoms with Crippen molar-refractivity contribution in [2.45, 2.75) is 49.3 Å². The Morgan fingerprint density at radius 1 is 1.37 bits per heavy atom. The average Bonchev–Trinajstić information content (AvgIpc) is 2.47.